The van der Waals surface area contributed by atoms with Crippen LogP contribution in [0.5, 0.6) is 11.5 Å². The van der Waals surface area contributed by atoms with E-state index < -0.39 is 5.25 Å². The molecule has 1 atom stereocenters. The molecule has 0 N–H and O–H groups in total. The van der Waals surface area contributed by atoms with E-state index in [1.165, 1.54) is 4.90 Å². The second-order valence-electron chi connectivity index (χ2n) is 6.27. The van der Waals surface area contributed by atoms with Crippen LogP contribution in [0.1, 0.15) is 25.0 Å². The van der Waals surface area contributed by atoms with Gasteiger partial charge >= 0.3 is 0 Å². The molecule has 1 saturated heterocycles. The van der Waals surface area contributed by atoms with E-state index in [9.17, 15) is 9.59 Å². The van der Waals surface area contributed by atoms with Crippen LogP contribution in [0.3, 0.4) is 0 Å². The molecule has 0 unspecified atom stereocenters. The van der Waals surface area contributed by atoms with E-state index in [0.717, 1.165) is 27.4 Å². The van der Waals surface area contributed by atoms with Crippen molar-refractivity contribution in [2.75, 3.05) is 13.2 Å². The van der Waals surface area contributed by atoms with Crippen LogP contribution in [-0.4, -0.2) is 34.4 Å². The molecular weight excluding hydrogens is 442 g/mol. The highest BCUT2D eigenvalue weighted by Crippen LogP contribution is 2.39. The van der Waals surface area contributed by atoms with E-state index in [1.807, 2.05) is 49.4 Å². The number of ether oxygens (including phenoxy) is 2. The van der Waals surface area contributed by atoms with Gasteiger partial charge in [0, 0.05) is 6.54 Å². The van der Waals surface area contributed by atoms with E-state index >= 15 is 0 Å². The average molecular weight is 464 g/mol. The first-order chi connectivity index (χ1) is 13.5. The Morgan fingerprint density at radius 3 is 2.46 bits per heavy atom. The van der Waals surface area contributed by atoms with Crippen LogP contribution >= 0.6 is 27.7 Å². The molecule has 1 heterocycles. The third kappa shape index (κ3) is 4.70. The topological polar surface area (TPSA) is 55.8 Å². The number of hydrogen-bond acceptors (Lipinski definition) is 5. The summed E-state index contributed by atoms with van der Waals surface area (Å²) in [4.78, 5) is 25.6. The van der Waals surface area contributed by atoms with E-state index in [0.29, 0.717) is 37.7 Å². The number of hydrogen-bond donors (Lipinski definition) is 0. The summed E-state index contributed by atoms with van der Waals surface area (Å²) in [6.45, 7) is 5.05. The summed E-state index contributed by atoms with van der Waals surface area (Å²) in [6.07, 6.45) is 0.462. The first-order valence-corrected chi connectivity index (χ1v) is 10.8. The lowest BCUT2D eigenvalue weighted by molar-refractivity contribution is -0.126. The van der Waals surface area contributed by atoms with Crippen LogP contribution in [0.4, 0.5) is 4.79 Å². The largest absolute Gasteiger partial charge is 0.490 e. The zero-order valence-corrected chi connectivity index (χ0v) is 18.2. The number of halogens is 1. The van der Waals surface area contributed by atoms with Crippen LogP contribution in [-0.2, 0) is 17.8 Å². The Hall–Kier alpha value is -1.99. The van der Waals surface area contributed by atoms with Crippen LogP contribution < -0.4 is 9.47 Å². The summed E-state index contributed by atoms with van der Waals surface area (Å²) >= 11 is 4.66. The number of carbonyl (C=O) groups excluding carboxylic acids is 2. The predicted molar refractivity (Wildman–Crippen MR) is 114 cm³/mol. The number of carbonyl (C=O) groups is 2. The van der Waals surface area contributed by atoms with Crippen LogP contribution in [0, 0.1) is 0 Å². The highest BCUT2D eigenvalue weighted by molar-refractivity contribution is 9.10. The van der Waals surface area contributed by atoms with Crippen molar-refractivity contribution in [1.82, 2.24) is 4.90 Å². The molecule has 0 saturated carbocycles. The first kappa shape index (κ1) is 20.7. The van der Waals surface area contributed by atoms with E-state index in [1.54, 1.807) is 6.92 Å². The van der Waals surface area contributed by atoms with Gasteiger partial charge < -0.3 is 9.47 Å². The highest BCUT2D eigenvalue weighted by Gasteiger charge is 2.38. The molecule has 28 heavy (non-hydrogen) atoms. The second-order valence-corrected chi connectivity index (χ2v) is 8.28. The Morgan fingerprint density at radius 2 is 1.82 bits per heavy atom. The van der Waals surface area contributed by atoms with Crippen LogP contribution in [0.25, 0.3) is 0 Å². The molecule has 148 valence electrons. The Balaban J connectivity index is 1.78. The summed E-state index contributed by atoms with van der Waals surface area (Å²) in [7, 11) is 0. The van der Waals surface area contributed by atoms with Gasteiger partial charge in [0.2, 0.25) is 5.91 Å². The van der Waals surface area contributed by atoms with Crippen molar-refractivity contribution in [3.8, 4) is 11.5 Å². The van der Waals surface area contributed by atoms with Crippen molar-refractivity contribution in [3.63, 3.8) is 0 Å². The van der Waals surface area contributed by atoms with Gasteiger partial charge in [-0.05, 0) is 59.5 Å². The monoisotopic (exact) mass is 463 g/mol. The number of thioether (sulfide) groups is 1. The maximum atomic E-state index is 12.4. The number of nitrogens with zero attached hydrogens (tertiary/aromatic N) is 1. The first-order valence-electron chi connectivity index (χ1n) is 9.17. The van der Waals surface area contributed by atoms with Gasteiger partial charge in [-0.2, -0.15) is 0 Å². The number of rotatable bonds is 8. The van der Waals surface area contributed by atoms with Crippen molar-refractivity contribution < 1.29 is 19.1 Å². The number of amides is 2. The molecule has 0 radical (unpaired) electrons. The third-order valence-corrected chi connectivity index (χ3v) is 6.00. The fraction of sp³-hybridized carbons (Fsp3) is 0.333. The fourth-order valence-corrected chi connectivity index (χ4v) is 4.70. The second kappa shape index (κ2) is 9.47. The molecule has 2 aromatic carbocycles. The molecule has 0 bridgehead atoms. The summed E-state index contributed by atoms with van der Waals surface area (Å²) in [5.74, 6) is 1.12. The fourth-order valence-electron chi connectivity index (χ4n) is 3.00. The minimum Gasteiger partial charge on any atom is -0.490 e. The van der Waals surface area contributed by atoms with Gasteiger partial charge in [0.15, 0.2) is 11.5 Å². The molecule has 3 rings (SSSR count). The molecule has 5 nitrogen and oxygen atoms in total. The van der Waals surface area contributed by atoms with Crippen molar-refractivity contribution in [3.05, 3.63) is 58.1 Å². The van der Waals surface area contributed by atoms with Crippen molar-refractivity contribution in [2.45, 2.75) is 32.1 Å². The minimum absolute atomic E-state index is 0.129. The predicted octanol–water partition coefficient (Wildman–Crippen LogP) is 5.05. The van der Waals surface area contributed by atoms with E-state index in [2.05, 4.69) is 15.9 Å². The van der Waals surface area contributed by atoms with Crippen LogP contribution in [0.15, 0.2) is 46.9 Å². The third-order valence-electron chi connectivity index (χ3n) is 4.34. The molecule has 0 spiro atoms. The molecule has 0 aromatic heterocycles. The average Bonchev–Trinajstić information content (AvgIpc) is 2.94. The standard InChI is InChI=1S/C21H22BrNO4S/c1-3-23-20(24)18(28-21(23)25)12-15-10-16(22)19(17(11-15)26-4-2)27-13-14-8-6-5-7-9-14/h5-11,18H,3-4,12-13H2,1-2H3/t18-/m1/s1. The maximum absolute atomic E-state index is 12.4. The van der Waals surface area contributed by atoms with Crippen molar-refractivity contribution in [1.29, 1.82) is 0 Å². The summed E-state index contributed by atoms with van der Waals surface area (Å²) in [5.41, 5.74) is 1.98. The lowest BCUT2D eigenvalue weighted by atomic mass is 10.1. The summed E-state index contributed by atoms with van der Waals surface area (Å²) in [5, 5.41) is -0.575. The zero-order valence-electron chi connectivity index (χ0n) is 15.8. The lowest BCUT2D eigenvalue weighted by Gasteiger charge is -2.16. The van der Waals surface area contributed by atoms with Gasteiger partial charge in [0.05, 0.1) is 16.3 Å². The normalized spacial score (nSPS) is 16.5. The molecule has 2 aromatic rings. The molecule has 1 aliphatic rings. The number of imide groups is 1. The quantitative estimate of drug-likeness (QED) is 0.547. The zero-order chi connectivity index (χ0) is 20.1. The number of benzene rings is 2. The van der Waals surface area contributed by atoms with Gasteiger partial charge in [-0.1, -0.05) is 42.1 Å². The Labute approximate surface area is 177 Å². The van der Waals surface area contributed by atoms with Crippen LogP contribution in [0.2, 0.25) is 0 Å². The molecule has 2 amide bonds. The molecule has 0 aliphatic carbocycles. The highest BCUT2D eigenvalue weighted by atomic mass is 79.9. The van der Waals surface area contributed by atoms with Gasteiger partial charge in [0.25, 0.3) is 5.24 Å². The molecular formula is C21H22BrNO4S. The smallest absolute Gasteiger partial charge is 0.289 e. The van der Waals surface area contributed by atoms with Gasteiger partial charge in [-0.25, -0.2) is 0 Å². The van der Waals surface area contributed by atoms with Crippen molar-refractivity contribution >= 4 is 38.8 Å². The molecule has 1 fully saturated rings. The molecule has 1 aliphatic heterocycles. The maximum Gasteiger partial charge on any atom is 0.289 e. The Bertz CT molecular complexity index is 859. The van der Waals surface area contributed by atoms with E-state index in [-0.39, 0.29) is 11.1 Å². The lowest BCUT2D eigenvalue weighted by Crippen LogP contribution is -2.31. The SMILES string of the molecule is CCOc1cc(C[C@H]2SC(=O)N(CC)C2=O)cc(Br)c1OCc1ccccc1. The Kier molecular flexibility index (Phi) is 7.02. The van der Waals surface area contributed by atoms with Gasteiger partial charge in [-0.15, -0.1) is 0 Å². The summed E-state index contributed by atoms with van der Waals surface area (Å²) in [6, 6.07) is 13.7. The van der Waals surface area contributed by atoms with Crippen molar-refractivity contribution in [2.24, 2.45) is 0 Å². The Morgan fingerprint density at radius 1 is 1.07 bits per heavy atom. The van der Waals surface area contributed by atoms with Gasteiger partial charge in [0.1, 0.15) is 6.61 Å². The molecule has 7 heteroatoms. The van der Waals surface area contributed by atoms with E-state index in [4.69, 9.17) is 9.47 Å². The van der Waals surface area contributed by atoms with Gasteiger partial charge in [-0.3, -0.25) is 14.5 Å². The summed E-state index contributed by atoms with van der Waals surface area (Å²) < 4.78 is 12.5. The minimum atomic E-state index is -0.398.